The van der Waals surface area contributed by atoms with Gasteiger partial charge < -0.3 is 0 Å². The van der Waals surface area contributed by atoms with E-state index in [0.29, 0.717) is 12.8 Å². The van der Waals surface area contributed by atoms with Gasteiger partial charge in [-0.05, 0) is 12.8 Å². The van der Waals surface area contributed by atoms with Gasteiger partial charge in [-0.2, -0.15) is 0 Å². The van der Waals surface area contributed by atoms with E-state index in [-0.39, 0.29) is 11.9 Å². The van der Waals surface area contributed by atoms with Crippen LogP contribution < -0.4 is 7.16 Å². The first-order valence-corrected chi connectivity index (χ1v) is 27.2. The van der Waals surface area contributed by atoms with Crippen molar-refractivity contribution in [1.82, 2.24) is 0 Å². The summed E-state index contributed by atoms with van der Waals surface area (Å²) in [5, 5.41) is 0. The summed E-state index contributed by atoms with van der Waals surface area (Å²) in [6.07, 6.45) is 41.6. The summed E-state index contributed by atoms with van der Waals surface area (Å²) < 4.78 is 14.6. The predicted molar refractivity (Wildman–Crippen MR) is 229 cm³/mol. The SMILES string of the molecule is CCCCCCCC/C=C\CCCCCCCC(=O)[O][Sn]([O]C(=O)CCCCCCC/C=C\CCCCCCCC)([c]1ccccc1)[c]1ccccc1. The van der Waals surface area contributed by atoms with E-state index in [1.165, 1.54) is 116 Å². The third kappa shape index (κ3) is 23.2. The van der Waals surface area contributed by atoms with Crippen molar-refractivity contribution in [2.24, 2.45) is 0 Å². The standard InChI is InChI=1S/2C18H34O2.2C6H5.Sn/c2*1-2-3-4-5-6-7-8-9-10-11-12-13-14-15-16-17-18(19)20;2*1-2-4-6-5-3-1;/h2*9-10H,2-8,11-17H2,1H3,(H,19,20);2*1-5H;/q;;;;+2/p-2/b2*10-9-;;;. The summed E-state index contributed by atoms with van der Waals surface area (Å²) in [4.78, 5) is 26.9. The Morgan fingerprint density at radius 2 is 0.698 bits per heavy atom. The van der Waals surface area contributed by atoms with Crippen molar-refractivity contribution in [1.29, 1.82) is 0 Å². The van der Waals surface area contributed by atoms with Crippen LogP contribution >= 0.6 is 0 Å². The fourth-order valence-corrected chi connectivity index (χ4v) is 15.3. The molecule has 53 heavy (non-hydrogen) atoms. The van der Waals surface area contributed by atoms with Gasteiger partial charge in [-0.1, -0.05) is 78.1 Å². The molecule has 5 heteroatoms. The molecular formula is C48H76O4Sn. The van der Waals surface area contributed by atoms with Gasteiger partial charge >= 0.3 is 242 Å². The molecule has 2 aromatic rings. The zero-order chi connectivity index (χ0) is 37.9. The quantitative estimate of drug-likeness (QED) is 0.0400. The zero-order valence-electron chi connectivity index (χ0n) is 34.0. The van der Waals surface area contributed by atoms with Crippen molar-refractivity contribution in [3.05, 3.63) is 85.0 Å². The first-order chi connectivity index (χ1) is 26.1. The Kier molecular flexibility index (Phi) is 29.2. The van der Waals surface area contributed by atoms with E-state index in [1.54, 1.807) is 0 Å². The molecule has 0 aromatic heterocycles. The molecule has 2 rings (SSSR count). The van der Waals surface area contributed by atoms with E-state index in [4.69, 9.17) is 6.15 Å². The summed E-state index contributed by atoms with van der Waals surface area (Å²) in [6, 6.07) is 19.5. The number of hydrogen-bond donors (Lipinski definition) is 0. The molecule has 2 aromatic carbocycles. The third-order valence-electron chi connectivity index (χ3n) is 10.1. The zero-order valence-corrected chi connectivity index (χ0v) is 36.9. The van der Waals surface area contributed by atoms with Crippen molar-refractivity contribution in [2.75, 3.05) is 0 Å². The number of rotatable bonds is 34. The average molecular weight is 836 g/mol. The van der Waals surface area contributed by atoms with Crippen LogP contribution in [0.3, 0.4) is 0 Å². The van der Waals surface area contributed by atoms with Gasteiger partial charge in [0.2, 0.25) is 0 Å². The van der Waals surface area contributed by atoms with Crippen LogP contribution in [0.2, 0.25) is 0 Å². The van der Waals surface area contributed by atoms with E-state index in [9.17, 15) is 9.59 Å². The summed E-state index contributed by atoms with van der Waals surface area (Å²) in [6.45, 7) is 4.53. The number of carbonyl (C=O) groups excluding carboxylic acids is 2. The monoisotopic (exact) mass is 836 g/mol. The summed E-state index contributed by atoms with van der Waals surface area (Å²) >= 11 is -4.63. The van der Waals surface area contributed by atoms with Gasteiger partial charge in [0.1, 0.15) is 0 Å². The van der Waals surface area contributed by atoms with Gasteiger partial charge in [-0.3, -0.25) is 0 Å². The van der Waals surface area contributed by atoms with E-state index < -0.39 is 19.2 Å². The van der Waals surface area contributed by atoms with Gasteiger partial charge in [0.15, 0.2) is 0 Å². The van der Waals surface area contributed by atoms with E-state index >= 15 is 0 Å². The van der Waals surface area contributed by atoms with Crippen LogP contribution in [0.4, 0.5) is 0 Å². The molecule has 0 saturated heterocycles. The number of allylic oxidation sites excluding steroid dienone is 4. The van der Waals surface area contributed by atoms with Crippen LogP contribution in [0.15, 0.2) is 85.0 Å². The van der Waals surface area contributed by atoms with Crippen LogP contribution in [0.25, 0.3) is 0 Å². The second-order valence-electron chi connectivity index (χ2n) is 15.0. The third-order valence-corrected chi connectivity index (χ3v) is 19.3. The van der Waals surface area contributed by atoms with Crippen LogP contribution in [0, 0.1) is 0 Å². The normalized spacial score (nSPS) is 11.8. The minimum absolute atomic E-state index is 0.250. The van der Waals surface area contributed by atoms with Gasteiger partial charge in [-0.25, -0.2) is 0 Å². The van der Waals surface area contributed by atoms with Crippen molar-refractivity contribution in [2.45, 2.75) is 194 Å². The molecule has 0 amide bonds. The number of carbonyl (C=O) groups is 2. The van der Waals surface area contributed by atoms with Crippen LogP contribution in [0.1, 0.15) is 194 Å². The van der Waals surface area contributed by atoms with Crippen LogP contribution in [-0.2, 0) is 15.7 Å². The van der Waals surface area contributed by atoms with E-state index in [0.717, 1.165) is 58.5 Å². The Labute approximate surface area is 331 Å². The van der Waals surface area contributed by atoms with E-state index in [2.05, 4.69) is 38.2 Å². The van der Waals surface area contributed by atoms with Crippen LogP contribution in [-0.4, -0.2) is 31.1 Å². The summed E-state index contributed by atoms with van der Waals surface area (Å²) in [7, 11) is 0. The molecule has 0 saturated carbocycles. The van der Waals surface area contributed by atoms with Crippen molar-refractivity contribution in [3.8, 4) is 0 Å². The number of unbranched alkanes of at least 4 members (excludes halogenated alkanes) is 22. The molecule has 4 nitrogen and oxygen atoms in total. The Balaban J connectivity index is 1.76. The molecule has 0 aliphatic carbocycles. The summed E-state index contributed by atoms with van der Waals surface area (Å²) in [5.41, 5.74) is 0. The molecule has 0 aliphatic heterocycles. The van der Waals surface area contributed by atoms with Gasteiger partial charge in [-0.15, -0.1) is 0 Å². The van der Waals surface area contributed by atoms with Gasteiger partial charge in [0.05, 0.1) is 0 Å². The second kappa shape index (κ2) is 33.0. The van der Waals surface area contributed by atoms with Gasteiger partial charge in [0.25, 0.3) is 0 Å². The summed E-state index contributed by atoms with van der Waals surface area (Å²) in [5.74, 6) is -0.500. The Hall–Kier alpha value is -2.34. The molecule has 0 heterocycles. The van der Waals surface area contributed by atoms with Crippen LogP contribution in [0.5, 0.6) is 0 Å². The number of hydrogen-bond acceptors (Lipinski definition) is 4. The first kappa shape index (κ1) is 46.8. The maximum absolute atomic E-state index is 13.5. The van der Waals surface area contributed by atoms with E-state index in [1.807, 2.05) is 60.7 Å². The Morgan fingerprint density at radius 3 is 1.02 bits per heavy atom. The Bertz CT molecular complexity index is 1110. The molecule has 296 valence electrons. The molecule has 0 aliphatic rings. The predicted octanol–water partition coefficient (Wildman–Crippen LogP) is 13.4. The van der Waals surface area contributed by atoms with Gasteiger partial charge in [0, 0.05) is 0 Å². The second-order valence-corrected chi connectivity index (χ2v) is 22.9. The van der Waals surface area contributed by atoms with Crippen molar-refractivity contribution >= 4 is 38.3 Å². The minimum atomic E-state index is -4.63. The fourth-order valence-electron chi connectivity index (χ4n) is 6.84. The fraction of sp³-hybridized carbons (Fsp3) is 0.625. The topological polar surface area (TPSA) is 52.6 Å². The molecule has 0 bridgehead atoms. The molecule has 0 fully saturated rings. The number of benzene rings is 2. The molecular weight excluding hydrogens is 759 g/mol. The average Bonchev–Trinajstić information content (AvgIpc) is 3.18. The molecule has 0 N–H and O–H groups in total. The Morgan fingerprint density at radius 1 is 0.415 bits per heavy atom. The molecule has 0 spiro atoms. The molecule has 0 radical (unpaired) electrons. The first-order valence-electron chi connectivity index (χ1n) is 22.0. The van der Waals surface area contributed by atoms with Crippen molar-refractivity contribution in [3.63, 3.8) is 0 Å². The molecule has 0 atom stereocenters. The van der Waals surface area contributed by atoms with Crippen molar-refractivity contribution < 1.29 is 15.7 Å². The maximum atomic E-state index is 13.5. The molecule has 0 unspecified atom stereocenters.